The molecule has 0 aliphatic carbocycles. The predicted octanol–water partition coefficient (Wildman–Crippen LogP) is 1.97. The van der Waals surface area contributed by atoms with Gasteiger partial charge in [-0.3, -0.25) is 0 Å². The van der Waals surface area contributed by atoms with Gasteiger partial charge in [0.15, 0.2) is 0 Å². The second kappa shape index (κ2) is 4.28. The molecule has 0 atom stereocenters. The molecule has 1 aromatic carbocycles. The summed E-state index contributed by atoms with van der Waals surface area (Å²) < 4.78 is 28.2. The summed E-state index contributed by atoms with van der Waals surface area (Å²) in [6.45, 7) is 1.51. The van der Waals surface area contributed by atoms with Crippen LogP contribution in [0.1, 0.15) is 6.92 Å². The van der Waals surface area contributed by atoms with Crippen LogP contribution in [0.15, 0.2) is 46.4 Å². The standard InChI is InChI=1S/C10H12O3S/c1-9(8-13-2)14(11,12)10-6-4-3-5-7-10/h3-8H,1-2H3/b9-8+. The van der Waals surface area contributed by atoms with Gasteiger partial charge in [-0.1, -0.05) is 18.2 Å². The lowest BCUT2D eigenvalue weighted by molar-refractivity contribution is 0.336. The van der Waals surface area contributed by atoms with Crippen molar-refractivity contribution < 1.29 is 13.2 Å². The second-order valence-corrected chi connectivity index (χ2v) is 4.90. The molecule has 4 heteroatoms. The van der Waals surface area contributed by atoms with Crippen LogP contribution in [0.2, 0.25) is 0 Å². The Morgan fingerprint density at radius 2 is 1.86 bits per heavy atom. The van der Waals surface area contributed by atoms with Gasteiger partial charge in [-0.25, -0.2) is 8.42 Å². The Labute approximate surface area is 83.9 Å². The molecule has 14 heavy (non-hydrogen) atoms. The molecule has 0 aliphatic rings. The van der Waals surface area contributed by atoms with Gasteiger partial charge in [0.2, 0.25) is 9.84 Å². The van der Waals surface area contributed by atoms with E-state index in [-0.39, 0.29) is 9.80 Å². The molecule has 0 bridgehead atoms. The van der Waals surface area contributed by atoms with Crippen molar-refractivity contribution in [3.05, 3.63) is 41.5 Å². The summed E-state index contributed by atoms with van der Waals surface area (Å²) in [4.78, 5) is 0.483. The largest absolute Gasteiger partial charge is 0.503 e. The van der Waals surface area contributed by atoms with Gasteiger partial charge in [-0.05, 0) is 19.1 Å². The molecule has 0 heterocycles. The molecule has 1 aromatic rings. The lowest BCUT2D eigenvalue weighted by Gasteiger charge is -2.03. The number of sulfone groups is 1. The van der Waals surface area contributed by atoms with E-state index in [1.165, 1.54) is 20.3 Å². The number of hydrogen-bond donors (Lipinski definition) is 0. The van der Waals surface area contributed by atoms with Crippen LogP contribution in [0.3, 0.4) is 0 Å². The topological polar surface area (TPSA) is 43.4 Å². The number of hydrogen-bond acceptors (Lipinski definition) is 3. The summed E-state index contributed by atoms with van der Waals surface area (Å²) in [7, 11) is -1.94. The quantitative estimate of drug-likeness (QED) is 0.719. The van der Waals surface area contributed by atoms with Crippen molar-refractivity contribution in [3.63, 3.8) is 0 Å². The molecule has 0 spiro atoms. The lowest BCUT2D eigenvalue weighted by Crippen LogP contribution is -2.02. The highest BCUT2D eigenvalue weighted by Gasteiger charge is 2.16. The van der Waals surface area contributed by atoms with Crippen LogP contribution in [0.5, 0.6) is 0 Å². The van der Waals surface area contributed by atoms with Crippen molar-refractivity contribution in [2.75, 3.05) is 7.11 Å². The minimum Gasteiger partial charge on any atom is -0.503 e. The fourth-order valence-corrected chi connectivity index (χ4v) is 2.12. The Kier molecular flexibility index (Phi) is 3.30. The highest BCUT2D eigenvalue weighted by Crippen LogP contribution is 2.17. The summed E-state index contributed by atoms with van der Waals surface area (Å²) in [5.74, 6) is 0. The van der Waals surface area contributed by atoms with Crippen LogP contribution in [0.25, 0.3) is 0 Å². The van der Waals surface area contributed by atoms with Crippen molar-refractivity contribution in [2.24, 2.45) is 0 Å². The molecule has 0 N–H and O–H groups in total. The molecule has 0 aromatic heterocycles. The van der Waals surface area contributed by atoms with E-state index >= 15 is 0 Å². The maximum atomic E-state index is 11.8. The summed E-state index contributed by atoms with van der Waals surface area (Å²) >= 11 is 0. The molecule has 0 fully saturated rings. The lowest BCUT2D eigenvalue weighted by atomic mass is 10.4. The first-order chi connectivity index (χ1) is 6.59. The molecule has 0 radical (unpaired) electrons. The first kappa shape index (κ1) is 10.8. The third-order valence-electron chi connectivity index (χ3n) is 1.76. The minimum absolute atomic E-state index is 0.200. The molecule has 1 rings (SSSR count). The summed E-state index contributed by atoms with van der Waals surface area (Å²) in [5, 5.41) is 0. The van der Waals surface area contributed by atoms with Crippen LogP contribution in [-0.2, 0) is 14.6 Å². The van der Waals surface area contributed by atoms with Gasteiger partial charge >= 0.3 is 0 Å². The van der Waals surface area contributed by atoms with E-state index in [4.69, 9.17) is 0 Å². The number of allylic oxidation sites excluding steroid dienone is 1. The Bertz CT molecular complexity index is 418. The average Bonchev–Trinajstić information content (AvgIpc) is 2.19. The van der Waals surface area contributed by atoms with Gasteiger partial charge in [0.25, 0.3) is 0 Å². The highest BCUT2D eigenvalue weighted by molar-refractivity contribution is 7.95. The maximum absolute atomic E-state index is 11.8. The average molecular weight is 212 g/mol. The van der Waals surface area contributed by atoms with Gasteiger partial charge in [0.1, 0.15) is 0 Å². The SMILES string of the molecule is CO/C=C(\C)S(=O)(=O)c1ccccc1. The Balaban J connectivity index is 3.17. The number of ether oxygens (including phenoxy) is 1. The van der Waals surface area contributed by atoms with Crippen LogP contribution < -0.4 is 0 Å². The minimum atomic E-state index is -3.37. The van der Waals surface area contributed by atoms with Gasteiger partial charge in [-0.15, -0.1) is 0 Å². The molecule has 3 nitrogen and oxygen atoms in total. The zero-order valence-electron chi connectivity index (χ0n) is 8.10. The first-order valence-corrected chi connectivity index (χ1v) is 5.57. The van der Waals surface area contributed by atoms with Gasteiger partial charge in [-0.2, -0.15) is 0 Å². The fourth-order valence-electron chi connectivity index (χ4n) is 1.01. The molecule has 0 aliphatic heterocycles. The van der Waals surface area contributed by atoms with E-state index in [2.05, 4.69) is 4.74 Å². The monoisotopic (exact) mass is 212 g/mol. The molecular weight excluding hydrogens is 200 g/mol. The van der Waals surface area contributed by atoms with E-state index in [1.807, 2.05) is 0 Å². The molecule has 0 unspecified atom stereocenters. The van der Waals surface area contributed by atoms with Crippen molar-refractivity contribution in [2.45, 2.75) is 11.8 Å². The Morgan fingerprint density at radius 3 is 2.36 bits per heavy atom. The third kappa shape index (κ3) is 2.14. The maximum Gasteiger partial charge on any atom is 0.205 e. The summed E-state index contributed by atoms with van der Waals surface area (Å²) in [6, 6.07) is 8.26. The molecule has 0 saturated carbocycles. The van der Waals surface area contributed by atoms with Gasteiger partial charge in [0.05, 0.1) is 23.2 Å². The van der Waals surface area contributed by atoms with Crippen LogP contribution in [-0.4, -0.2) is 15.5 Å². The smallest absolute Gasteiger partial charge is 0.205 e. The molecule has 0 amide bonds. The number of rotatable bonds is 3. The third-order valence-corrected chi connectivity index (χ3v) is 3.60. The fraction of sp³-hybridized carbons (Fsp3) is 0.200. The van der Waals surface area contributed by atoms with E-state index in [9.17, 15) is 8.42 Å². The highest BCUT2D eigenvalue weighted by atomic mass is 32.2. The second-order valence-electron chi connectivity index (χ2n) is 2.78. The molecule has 76 valence electrons. The van der Waals surface area contributed by atoms with E-state index in [0.29, 0.717) is 0 Å². The predicted molar refractivity (Wildman–Crippen MR) is 54.4 cm³/mol. The van der Waals surface area contributed by atoms with Crippen molar-refractivity contribution in [1.29, 1.82) is 0 Å². The summed E-state index contributed by atoms with van der Waals surface area (Å²) in [5.41, 5.74) is 0. The van der Waals surface area contributed by atoms with Crippen molar-refractivity contribution in [1.82, 2.24) is 0 Å². The number of methoxy groups -OCH3 is 1. The normalized spacial score (nSPS) is 12.6. The Morgan fingerprint density at radius 1 is 1.29 bits per heavy atom. The zero-order chi connectivity index (χ0) is 10.6. The van der Waals surface area contributed by atoms with Crippen LogP contribution in [0.4, 0.5) is 0 Å². The number of benzene rings is 1. The molecular formula is C10H12O3S. The van der Waals surface area contributed by atoms with Crippen molar-refractivity contribution >= 4 is 9.84 Å². The summed E-state index contributed by atoms with van der Waals surface area (Å²) in [6.07, 6.45) is 1.22. The van der Waals surface area contributed by atoms with Crippen molar-refractivity contribution in [3.8, 4) is 0 Å². The van der Waals surface area contributed by atoms with E-state index < -0.39 is 9.84 Å². The van der Waals surface area contributed by atoms with E-state index in [1.54, 1.807) is 30.3 Å². The van der Waals surface area contributed by atoms with Crippen LogP contribution in [0, 0.1) is 0 Å². The first-order valence-electron chi connectivity index (χ1n) is 4.08. The van der Waals surface area contributed by atoms with E-state index in [0.717, 1.165) is 0 Å². The molecule has 0 saturated heterocycles. The van der Waals surface area contributed by atoms with Gasteiger partial charge in [0, 0.05) is 0 Å². The zero-order valence-corrected chi connectivity index (χ0v) is 8.91. The van der Waals surface area contributed by atoms with Crippen LogP contribution >= 0.6 is 0 Å². The van der Waals surface area contributed by atoms with Gasteiger partial charge < -0.3 is 4.74 Å². The Hall–Kier alpha value is -1.29.